The van der Waals surface area contributed by atoms with Crippen LogP contribution >= 0.6 is 0 Å². The maximum Gasteiger partial charge on any atom is 0.357 e. The first kappa shape index (κ1) is 15.7. The van der Waals surface area contributed by atoms with Crippen LogP contribution in [0.2, 0.25) is 0 Å². The molecule has 0 fully saturated rings. The Balaban J connectivity index is 2.61. The molecule has 0 aliphatic heterocycles. The second-order valence-corrected chi connectivity index (χ2v) is 4.73. The van der Waals surface area contributed by atoms with Gasteiger partial charge in [0.1, 0.15) is 11.9 Å². The average molecular weight is 304 g/mol. The van der Waals surface area contributed by atoms with Gasteiger partial charge in [0, 0.05) is 13.7 Å². The van der Waals surface area contributed by atoms with Crippen LogP contribution in [-0.2, 0) is 11.3 Å². The summed E-state index contributed by atoms with van der Waals surface area (Å²) < 4.78 is 6.54. The van der Waals surface area contributed by atoms with E-state index in [1.165, 1.54) is 11.7 Å². The van der Waals surface area contributed by atoms with Crippen LogP contribution in [-0.4, -0.2) is 38.8 Å². The Bertz CT molecular complexity index is 693. The van der Waals surface area contributed by atoms with Gasteiger partial charge in [0.05, 0.1) is 0 Å². The minimum absolute atomic E-state index is 0.200. The van der Waals surface area contributed by atoms with E-state index in [0.29, 0.717) is 0 Å². The van der Waals surface area contributed by atoms with Crippen LogP contribution in [0.4, 0.5) is 0 Å². The van der Waals surface area contributed by atoms with E-state index in [-0.39, 0.29) is 18.1 Å². The molecule has 7 heteroatoms. The standard InChI is InChI=1S/C15H16N2O5/c1-9(22-2)13-16-11(14(18)19)12(15(20)21)17(13)8-10-6-4-3-5-7-10/h3-7,9H,8H2,1-2H3,(H,18,19)(H,20,21). The molecular formula is C15H16N2O5. The topological polar surface area (TPSA) is 102 Å². The van der Waals surface area contributed by atoms with E-state index < -0.39 is 23.7 Å². The highest BCUT2D eigenvalue weighted by molar-refractivity contribution is 5.99. The zero-order chi connectivity index (χ0) is 16.3. The van der Waals surface area contributed by atoms with E-state index >= 15 is 0 Å². The quantitative estimate of drug-likeness (QED) is 0.846. The fourth-order valence-electron chi connectivity index (χ4n) is 2.18. The van der Waals surface area contributed by atoms with Crippen LogP contribution in [0.5, 0.6) is 0 Å². The molecule has 0 aliphatic carbocycles. The Kier molecular flexibility index (Phi) is 4.57. The van der Waals surface area contributed by atoms with Gasteiger partial charge >= 0.3 is 11.9 Å². The van der Waals surface area contributed by atoms with Gasteiger partial charge in [0.15, 0.2) is 11.4 Å². The lowest BCUT2D eigenvalue weighted by Gasteiger charge is -2.14. The third-order valence-corrected chi connectivity index (χ3v) is 3.30. The number of carbonyl (C=O) groups is 2. The number of nitrogens with zero attached hydrogens (tertiary/aromatic N) is 2. The fourth-order valence-corrected chi connectivity index (χ4v) is 2.18. The number of rotatable bonds is 6. The number of benzene rings is 1. The van der Waals surface area contributed by atoms with Gasteiger partial charge in [-0.25, -0.2) is 14.6 Å². The van der Waals surface area contributed by atoms with E-state index in [0.717, 1.165) is 5.56 Å². The van der Waals surface area contributed by atoms with Gasteiger partial charge in [-0.05, 0) is 12.5 Å². The number of hydrogen-bond donors (Lipinski definition) is 2. The lowest BCUT2D eigenvalue weighted by atomic mass is 10.2. The number of methoxy groups -OCH3 is 1. The molecule has 7 nitrogen and oxygen atoms in total. The minimum Gasteiger partial charge on any atom is -0.476 e. The van der Waals surface area contributed by atoms with Crippen molar-refractivity contribution in [2.24, 2.45) is 0 Å². The summed E-state index contributed by atoms with van der Waals surface area (Å²) >= 11 is 0. The molecule has 0 amide bonds. The van der Waals surface area contributed by atoms with Crippen molar-refractivity contribution >= 4 is 11.9 Å². The molecule has 0 bridgehead atoms. The van der Waals surface area contributed by atoms with E-state index in [1.807, 2.05) is 30.3 Å². The van der Waals surface area contributed by atoms with Crippen LogP contribution in [0.15, 0.2) is 30.3 Å². The molecular weight excluding hydrogens is 288 g/mol. The molecule has 2 aromatic rings. The Morgan fingerprint density at radius 3 is 2.36 bits per heavy atom. The largest absolute Gasteiger partial charge is 0.476 e. The number of hydrogen-bond acceptors (Lipinski definition) is 4. The maximum atomic E-state index is 11.5. The molecule has 1 aromatic carbocycles. The highest BCUT2D eigenvalue weighted by atomic mass is 16.5. The first-order valence-corrected chi connectivity index (χ1v) is 6.59. The fraction of sp³-hybridized carbons (Fsp3) is 0.267. The Morgan fingerprint density at radius 1 is 1.23 bits per heavy atom. The third-order valence-electron chi connectivity index (χ3n) is 3.30. The summed E-state index contributed by atoms with van der Waals surface area (Å²) in [5.41, 5.74) is 0.00137. The minimum atomic E-state index is -1.38. The van der Waals surface area contributed by atoms with Gasteiger partial charge in [0.2, 0.25) is 0 Å². The molecule has 2 rings (SSSR count). The normalized spacial score (nSPS) is 12.1. The first-order chi connectivity index (χ1) is 10.5. The molecule has 0 spiro atoms. The molecule has 0 aliphatic rings. The van der Waals surface area contributed by atoms with Crippen molar-refractivity contribution in [1.82, 2.24) is 9.55 Å². The van der Waals surface area contributed by atoms with Gasteiger partial charge in [-0.2, -0.15) is 0 Å². The van der Waals surface area contributed by atoms with Gasteiger partial charge < -0.3 is 19.5 Å². The number of ether oxygens (including phenoxy) is 1. The summed E-state index contributed by atoms with van der Waals surface area (Å²) in [5, 5.41) is 18.6. The predicted octanol–water partition coefficient (Wildman–Crippen LogP) is 2.04. The van der Waals surface area contributed by atoms with Gasteiger partial charge in [-0.15, -0.1) is 0 Å². The van der Waals surface area contributed by atoms with Crippen LogP contribution in [0.3, 0.4) is 0 Å². The predicted molar refractivity (Wildman–Crippen MR) is 77.1 cm³/mol. The number of aromatic carboxylic acids is 2. The molecule has 0 saturated heterocycles. The SMILES string of the molecule is COC(C)c1nc(C(=O)O)c(C(=O)O)n1Cc1ccccc1. The summed E-state index contributed by atoms with van der Waals surface area (Å²) in [7, 11) is 1.45. The Morgan fingerprint density at radius 2 is 1.86 bits per heavy atom. The van der Waals surface area contributed by atoms with Crippen molar-refractivity contribution in [2.75, 3.05) is 7.11 Å². The van der Waals surface area contributed by atoms with Crippen LogP contribution < -0.4 is 0 Å². The zero-order valence-corrected chi connectivity index (χ0v) is 12.2. The van der Waals surface area contributed by atoms with Crippen LogP contribution in [0, 0.1) is 0 Å². The van der Waals surface area contributed by atoms with Crippen LogP contribution in [0.25, 0.3) is 0 Å². The number of imidazole rings is 1. The third kappa shape index (κ3) is 2.99. The smallest absolute Gasteiger partial charge is 0.357 e. The van der Waals surface area contributed by atoms with Crippen molar-refractivity contribution in [3.63, 3.8) is 0 Å². The highest BCUT2D eigenvalue weighted by Gasteiger charge is 2.29. The molecule has 1 aromatic heterocycles. The Labute approximate surface area is 126 Å². The molecule has 1 heterocycles. The van der Waals surface area contributed by atoms with Crippen molar-refractivity contribution < 1.29 is 24.5 Å². The molecule has 1 atom stereocenters. The molecule has 116 valence electrons. The van der Waals surface area contributed by atoms with Gasteiger partial charge in [0.25, 0.3) is 0 Å². The monoisotopic (exact) mass is 304 g/mol. The maximum absolute atomic E-state index is 11.5. The van der Waals surface area contributed by atoms with Crippen molar-refractivity contribution in [1.29, 1.82) is 0 Å². The highest BCUT2D eigenvalue weighted by Crippen LogP contribution is 2.22. The van der Waals surface area contributed by atoms with Gasteiger partial charge in [-0.3, -0.25) is 0 Å². The molecule has 1 unspecified atom stereocenters. The average Bonchev–Trinajstić information content (AvgIpc) is 2.87. The molecule has 2 N–H and O–H groups in total. The summed E-state index contributed by atoms with van der Waals surface area (Å²) in [6, 6.07) is 9.14. The second-order valence-electron chi connectivity index (χ2n) is 4.73. The zero-order valence-electron chi connectivity index (χ0n) is 12.2. The van der Waals surface area contributed by atoms with E-state index in [2.05, 4.69) is 4.98 Å². The molecule has 0 saturated carbocycles. The van der Waals surface area contributed by atoms with E-state index in [4.69, 9.17) is 4.74 Å². The Hall–Kier alpha value is -2.67. The van der Waals surface area contributed by atoms with E-state index in [9.17, 15) is 19.8 Å². The molecule has 0 radical (unpaired) electrons. The number of carboxylic acids is 2. The van der Waals surface area contributed by atoms with Crippen molar-refractivity contribution in [3.8, 4) is 0 Å². The summed E-state index contributed by atoms with van der Waals surface area (Å²) in [6.07, 6.45) is -0.532. The van der Waals surface area contributed by atoms with Crippen molar-refractivity contribution in [3.05, 3.63) is 53.1 Å². The van der Waals surface area contributed by atoms with Gasteiger partial charge in [-0.1, -0.05) is 30.3 Å². The lowest BCUT2D eigenvalue weighted by Crippen LogP contribution is -2.16. The number of aromatic nitrogens is 2. The van der Waals surface area contributed by atoms with E-state index in [1.54, 1.807) is 6.92 Å². The van der Waals surface area contributed by atoms with Crippen LogP contribution in [0.1, 0.15) is 45.4 Å². The summed E-state index contributed by atoms with van der Waals surface area (Å²) in [5.74, 6) is -2.45. The molecule has 22 heavy (non-hydrogen) atoms. The summed E-state index contributed by atoms with van der Waals surface area (Å²) in [4.78, 5) is 26.7. The lowest BCUT2D eigenvalue weighted by molar-refractivity contribution is 0.0640. The van der Waals surface area contributed by atoms with Crippen molar-refractivity contribution in [2.45, 2.75) is 19.6 Å². The second kappa shape index (κ2) is 6.40. The first-order valence-electron chi connectivity index (χ1n) is 6.59. The number of carboxylic acid groups (broad SMARTS) is 2. The summed E-state index contributed by atoms with van der Waals surface area (Å²) in [6.45, 7) is 1.88.